The van der Waals surface area contributed by atoms with Crippen molar-refractivity contribution in [2.75, 3.05) is 0 Å². The smallest absolute Gasteiger partial charge is 0.170 e. The van der Waals surface area contributed by atoms with Crippen LogP contribution in [-0.4, -0.2) is 12.4 Å². The lowest BCUT2D eigenvalue weighted by Crippen LogP contribution is -2.50. The third-order valence-corrected chi connectivity index (χ3v) is 8.90. The van der Waals surface area contributed by atoms with E-state index >= 15 is 0 Å². The lowest BCUT2D eigenvalue weighted by atomic mass is 9.60. The van der Waals surface area contributed by atoms with E-state index < -0.39 is 30.1 Å². The monoisotopic (exact) mass is 368 g/mol. The second-order valence-corrected chi connectivity index (χ2v) is 9.62. The highest BCUT2D eigenvalue weighted by Gasteiger charge is 2.71. The van der Waals surface area contributed by atoms with Gasteiger partial charge in [-0.15, -0.1) is 0 Å². The normalized spacial score (nSPS) is 49.1. The summed E-state index contributed by atoms with van der Waals surface area (Å²) in [5, 5.41) is 0. The fraction of sp³-hybridized carbons (Fsp3) is 1.00. The molecule has 0 saturated heterocycles. The summed E-state index contributed by atoms with van der Waals surface area (Å²) in [6, 6.07) is 0. The van der Waals surface area contributed by atoms with Gasteiger partial charge in [0, 0.05) is 0 Å². The first-order valence-electron chi connectivity index (χ1n) is 9.50. The van der Waals surface area contributed by atoms with Crippen LogP contribution >= 0.6 is 0 Å². The molecule has 0 aromatic rings. The van der Waals surface area contributed by atoms with Crippen molar-refractivity contribution in [3.63, 3.8) is 0 Å². The molecule has 0 amide bonds. The quantitative estimate of drug-likeness (QED) is 0.395. The molecule has 4 saturated carbocycles. The summed E-state index contributed by atoms with van der Waals surface area (Å²) >= 11 is 0. The molecular weight excluding hydrogens is 342 g/mol. The van der Waals surface area contributed by atoms with Gasteiger partial charge in [-0.05, 0) is 85.9 Å². The van der Waals surface area contributed by atoms with Gasteiger partial charge in [0.05, 0.1) is 0 Å². The minimum atomic E-state index is -5.25. The van der Waals surface area contributed by atoms with Gasteiger partial charge in [-0.3, -0.25) is 0 Å². The van der Waals surface area contributed by atoms with Crippen molar-refractivity contribution in [1.29, 1.82) is 0 Å². The molecule has 0 aromatic carbocycles. The van der Waals surface area contributed by atoms with E-state index in [-0.39, 0.29) is 5.92 Å². The van der Waals surface area contributed by atoms with Crippen LogP contribution in [-0.2, 0) is 0 Å². The van der Waals surface area contributed by atoms with E-state index in [4.69, 9.17) is 0 Å². The van der Waals surface area contributed by atoms with Crippen LogP contribution in [0, 0.1) is 58.7 Å². The summed E-state index contributed by atoms with van der Waals surface area (Å²) in [6.45, 7) is 4.86. The Bertz CT molecular complexity index is 535. The van der Waals surface area contributed by atoms with Crippen molar-refractivity contribution < 1.29 is 26.3 Å². The van der Waals surface area contributed by atoms with Crippen LogP contribution in [0.15, 0.2) is 0 Å². The molecule has 25 heavy (non-hydrogen) atoms. The molecule has 4 bridgehead atoms. The molecule has 6 heteroatoms. The van der Waals surface area contributed by atoms with E-state index in [9.17, 15) is 26.3 Å². The molecule has 4 aliphatic rings. The number of alkyl halides is 6. The predicted molar refractivity (Wildman–Crippen MR) is 81.4 cm³/mol. The molecule has 4 fully saturated rings. The van der Waals surface area contributed by atoms with Gasteiger partial charge in [0.1, 0.15) is 0 Å². The maximum atomic E-state index is 13.3. The highest BCUT2D eigenvalue weighted by molar-refractivity contribution is 5.14. The Morgan fingerprint density at radius 2 is 1.24 bits per heavy atom. The molecule has 9 atom stereocenters. The Labute approximate surface area is 144 Å². The minimum Gasteiger partial charge on any atom is -0.170 e. The summed E-state index contributed by atoms with van der Waals surface area (Å²) in [5.74, 6) is 3.33. The molecule has 0 radical (unpaired) electrons. The Balaban J connectivity index is 1.57. The van der Waals surface area contributed by atoms with Gasteiger partial charge >= 0.3 is 12.4 Å². The van der Waals surface area contributed by atoms with Crippen LogP contribution in [0.3, 0.4) is 0 Å². The third-order valence-electron chi connectivity index (χ3n) is 8.90. The fourth-order valence-electron chi connectivity index (χ4n) is 7.52. The van der Waals surface area contributed by atoms with Gasteiger partial charge in [0.2, 0.25) is 0 Å². The van der Waals surface area contributed by atoms with Crippen molar-refractivity contribution in [3.8, 4) is 0 Å². The van der Waals surface area contributed by atoms with Crippen LogP contribution in [0.2, 0.25) is 0 Å². The molecule has 0 heterocycles. The largest absolute Gasteiger partial charge is 0.402 e. The molecule has 4 rings (SSSR count). The highest BCUT2D eigenvalue weighted by atomic mass is 19.4. The zero-order valence-corrected chi connectivity index (χ0v) is 14.8. The number of hydrogen-bond donors (Lipinski definition) is 0. The summed E-state index contributed by atoms with van der Waals surface area (Å²) in [5.41, 5.74) is -3.58. The van der Waals surface area contributed by atoms with E-state index in [0.29, 0.717) is 54.8 Å². The van der Waals surface area contributed by atoms with Gasteiger partial charge in [0.15, 0.2) is 5.41 Å². The van der Waals surface area contributed by atoms with Crippen LogP contribution < -0.4 is 0 Å². The zero-order valence-electron chi connectivity index (χ0n) is 14.8. The van der Waals surface area contributed by atoms with Crippen LogP contribution in [0.1, 0.15) is 46.5 Å². The minimum absolute atomic E-state index is 0.0731. The molecule has 0 aliphatic heterocycles. The first kappa shape index (κ1) is 18.0. The first-order valence-corrected chi connectivity index (χ1v) is 9.50. The fourth-order valence-corrected chi connectivity index (χ4v) is 7.52. The first-order chi connectivity index (χ1) is 11.4. The van der Waals surface area contributed by atoms with E-state index in [1.165, 1.54) is 0 Å². The topological polar surface area (TPSA) is 0 Å². The Kier molecular flexibility index (Phi) is 3.66. The predicted octanol–water partition coefficient (Wildman–Crippen LogP) is 6.32. The average molecular weight is 368 g/mol. The molecule has 0 aromatic heterocycles. The highest BCUT2D eigenvalue weighted by Crippen LogP contribution is 2.72. The summed E-state index contributed by atoms with van der Waals surface area (Å²) in [6.07, 6.45) is -8.71. The summed E-state index contributed by atoms with van der Waals surface area (Å²) in [7, 11) is 0. The molecular formula is C19H26F6. The molecule has 4 aliphatic carbocycles. The number of hydrogen-bond acceptors (Lipinski definition) is 0. The van der Waals surface area contributed by atoms with E-state index in [0.717, 1.165) is 12.8 Å². The van der Waals surface area contributed by atoms with Crippen LogP contribution in [0.5, 0.6) is 0 Å². The number of halogens is 6. The average Bonchev–Trinajstić information content (AvgIpc) is 3.16. The maximum Gasteiger partial charge on any atom is 0.402 e. The maximum absolute atomic E-state index is 13.3. The second kappa shape index (κ2) is 5.09. The van der Waals surface area contributed by atoms with Gasteiger partial charge in [-0.1, -0.05) is 13.8 Å². The Morgan fingerprint density at radius 1 is 0.720 bits per heavy atom. The molecule has 144 valence electrons. The lowest BCUT2D eigenvalue weighted by Gasteiger charge is -2.45. The Morgan fingerprint density at radius 3 is 1.76 bits per heavy atom. The van der Waals surface area contributed by atoms with Crippen molar-refractivity contribution in [2.24, 2.45) is 58.7 Å². The zero-order chi connectivity index (χ0) is 18.5. The van der Waals surface area contributed by atoms with Crippen LogP contribution in [0.25, 0.3) is 0 Å². The second-order valence-electron chi connectivity index (χ2n) is 9.62. The van der Waals surface area contributed by atoms with Crippen molar-refractivity contribution in [2.45, 2.75) is 58.8 Å². The Hall–Kier alpha value is -0.420. The lowest BCUT2D eigenvalue weighted by molar-refractivity contribution is -0.340. The van der Waals surface area contributed by atoms with Gasteiger partial charge in [-0.25, -0.2) is 0 Å². The SMILES string of the molecule is CC1C(C)C2CC1C1C3CC(CC(C)(C(F)(F)F)C(F)(F)F)C(C3)C21. The summed E-state index contributed by atoms with van der Waals surface area (Å²) < 4.78 is 79.8. The summed E-state index contributed by atoms with van der Waals surface area (Å²) in [4.78, 5) is 0. The molecule has 9 unspecified atom stereocenters. The third kappa shape index (κ3) is 2.20. The van der Waals surface area contributed by atoms with Gasteiger partial charge in [-0.2, -0.15) is 26.3 Å². The van der Waals surface area contributed by atoms with Crippen molar-refractivity contribution in [3.05, 3.63) is 0 Å². The van der Waals surface area contributed by atoms with E-state index in [1.807, 2.05) is 0 Å². The van der Waals surface area contributed by atoms with Crippen molar-refractivity contribution >= 4 is 0 Å². The van der Waals surface area contributed by atoms with Crippen molar-refractivity contribution in [1.82, 2.24) is 0 Å². The number of rotatable bonds is 2. The molecule has 0 N–H and O–H groups in total. The standard InChI is InChI=1S/C19H26F6/c1-8-9(2)13-6-12(8)15-10-4-11(14(5-10)16(13)15)7-17(3,18(20,21)22)19(23,24)25/h8-16H,4-7H2,1-3H3. The van der Waals surface area contributed by atoms with Gasteiger partial charge in [0.25, 0.3) is 0 Å². The van der Waals surface area contributed by atoms with E-state index in [2.05, 4.69) is 13.8 Å². The number of fused-ring (bicyclic) bond motifs is 9. The van der Waals surface area contributed by atoms with E-state index in [1.54, 1.807) is 0 Å². The van der Waals surface area contributed by atoms with Gasteiger partial charge < -0.3 is 0 Å². The van der Waals surface area contributed by atoms with Crippen LogP contribution in [0.4, 0.5) is 26.3 Å². The molecule has 0 nitrogen and oxygen atoms in total. The molecule has 0 spiro atoms.